The second-order valence-electron chi connectivity index (χ2n) is 6.88. The summed E-state index contributed by atoms with van der Waals surface area (Å²) in [6.07, 6.45) is 1.29. The van der Waals surface area contributed by atoms with E-state index in [-0.39, 0.29) is 12.0 Å². The van der Waals surface area contributed by atoms with E-state index in [4.69, 9.17) is 14.2 Å². The molecular formula is C22H25NO5. The van der Waals surface area contributed by atoms with Crippen molar-refractivity contribution in [2.75, 3.05) is 18.5 Å². The second-order valence-corrected chi connectivity index (χ2v) is 6.88. The van der Waals surface area contributed by atoms with Crippen molar-refractivity contribution in [2.24, 2.45) is 0 Å². The minimum absolute atomic E-state index is 0.136. The average Bonchev–Trinajstić information content (AvgIpc) is 3.20. The molecule has 1 N–H and O–H groups in total. The van der Waals surface area contributed by atoms with E-state index in [1.54, 1.807) is 37.3 Å². The zero-order valence-corrected chi connectivity index (χ0v) is 16.1. The fourth-order valence-electron chi connectivity index (χ4n) is 2.90. The van der Waals surface area contributed by atoms with E-state index in [1.165, 1.54) is 0 Å². The van der Waals surface area contributed by atoms with Gasteiger partial charge in [-0.15, -0.1) is 0 Å². The van der Waals surface area contributed by atoms with Crippen LogP contribution >= 0.6 is 0 Å². The molecule has 1 fully saturated rings. The molecule has 0 aliphatic carbocycles. The minimum Gasteiger partial charge on any atom is -0.491 e. The number of aryl methyl sites for hydroxylation is 1. The Morgan fingerprint density at radius 2 is 2.00 bits per heavy atom. The molecule has 2 aromatic carbocycles. The van der Waals surface area contributed by atoms with E-state index in [2.05, 4.69) is 5.32 Å². The molecule has 0 spiro atoms. The third kappa shape index (κ3) is 5.57. The highest BCUT2D eigenvalue weighted by molar-refractivity contribution is 5.97. The van der Waals surface area contributed by atoms with Gasteiger partial charge in [-0.3, -0.25) is 4.79 Å². The summed E-state index contributed by atoms with van der Waals surface area (Å²) in [6, 6.07) is 14.1. The van der Waals surface area contributed by atoms with Crippen LogP contribution in [0.1, 0.15) is 35.7 Å². The van der Waals surface area contributed by atoms with E-state index in [9.17, 15) is 9.59 Å². The highest BCUT2D eigenvalue weighted by Crippen LogP contribution is 2.17. The lowest BCUT2D eigenvalue weighted by atomic mass is 10.2. The highest BCUT2D eigenvalue weighted by Gasteiger charge is 2.20. The first-order valence-corrected chi connectivity index (χ1v) is 9.44. The molecule has 2 aromatic rings. The van der Waals surface area contributed by atoms with Crippen LogP contribution in [0, 0.1) is 6.92 Å². The predicted octanol–water partition coefficient (Wildman–Crippen LogP) is 3.74. The average molecular weight is 383 g/mol. The Bertz CT molecular complexity index is 812. The third-order valence-corrected chi connectivity index (χ3v) is 4.49. The monoisotopic (exact) mass is 383 g/mol. The molecule has 1 amide bonds. The molecule has 0 unspecified atom stereocenters. The van der Waals surface area contributed by atoms with Crippen LogP contribution in [0.15, 0.2) is 48.5 Å². The summed E-state index contributed by atoms with van der Waals surface area (Å²) in [5, 5.41) is 2.74. The molecule has 0 bridgehead atoms. The zero-order chi connectivity index (χ0) is 19.9. The Morgan fingerprint density at radius 1 is 1.21 bits per heavy atom. The Labute approximate surface area is 164 Å². The van der Waals surface area contributed by atoms with Gasteiger partial charge in [-0.2, -0.15) is 0 Å². The first kappa shape index (κ1) is 19.9. The molecule has 2 atom stereocenters. The van der Waals surface area contributed by atoms with Crippen LogP contribution in [0.3, 0.4) is 0 Å². The van der Waals surface area contributed by atoms with Crippen molar-refractivity contribution in [3.63, 3.8) is 0 Å². The van der Waals surface area contributed by atoms with Gasteiger partial charge in [-0.05, 0) is 68.7 Å². The minimum atomic E-state index is -0.913. The van der Waals surface area contributed by atoms with Gasteiger partial charge < -0.3 is 19.5 Å². The number of amides is 1. The number of esters is 1. The quantitative estimate of drug-likeness (QED) is 0.738. The van der Waals surface area contributed by atoms with Gasteiger partial charge >= 0.3 is 5.97 Å². The van der Waals surface area contributed by atoms with Crippen LogP contribution in [0.4, 0.5) is 5.69 Å². The summed E-state index contributed by atoms with van der Waals surface area (Å²) >= 11 is 0. The van der Waals surface area contributed by atoms with Crippen molar-refractivity contribution in [3.05, 3.63) is 59.7 Å². The molecule has 6 heteroatoms. The van der Waals surface area contributed by atoms with Gasteiger partial charge in [0.25, 0.3) is 5.91 Å². The van der Waals surface area contributed by atoms with Crippen LogP contribution in [-0.4, -0.2) is 37.3 Å². The Hall–Kier alpha value is -2.86. The summed E-state index contributed by atoms with van der Waals surface area (Å²) < 4.78 is 16.5. The molecule has 1 aliphatic heterocycles. The number of carbonyl (C=O) groups excluding carboxylic acids is 2. The maximum atomic E-state index is 12.3. The van der Waals surface area contributed by atoms with Crippen molar-refractivity contribution in [1.82, 2.24) is 0 Å². The molecule has 6 nitrogen and oxygen atoms in total. The standard InChI is InChI=1S/C22H25NO5/c1-15-5-3-6-18(13-15)23-21(24)16(2)28-22(25)17-8-10-19(11-9-17)27-14-20-7-4-12-26-20/h3,5-6,8-11,13,16,20H,4,7,12,14H2,1-2H3,(H,23,24)/t16-,20-/m1/s1. The lowest BCUT2D eigenvalue weighted by Gasteiger charge is -2.14. The maximum absolute atomic E-state index is 12.3. The normalized spacial score (nSPS) is 17.0. The van der Waals surface area contributed by atoms with Gasteiger partial charge in [-0.1, -0.05) is 12.1 Å². The molecular weight excluding hydrogens is 358 g/mol. The molecule has 0 aromatic heterocycles. The number of nitrogens with one attached hydrogen (secondary N) is 1. The summed E-state index contributed by atoms with van der Waals surface area (Å²) in [4.78, 5) is 24.5. The molecule has 1 heterocycles. The lowest BCUT2D eigenvalue weighted by molar-refractivity contribution is -0.123. The van der Waals surface area contributed by atoms with Crippen LogP contribution < -0.4 is 10.1 Å². The molecule has 28 heavy (non-hydrogen) atoms. The van der Waals surface area contributed by atoms with Crippen LogP contribution in [0.25, 0.3) is 0 Å². The van der Waals surface area contributed by atoms with Gasteiger partial charge in [0.2, 0.25) is 0 Å². The topological polar surface area (TPSA) is 73.9 Å². The second kappa shape index (κ2) is 9.37. The summed E-state index contributed by atoms with van der Waals surface area (Å²) in [5.41, 5.74) is 2.06. The van der Waals surface area contributed by atoms with Crippen LogP contribution in [0.2, 0.25) is 0 Å². The number of hydrogen-bond acceptors (Lipinski definition) is 5. The van der Waals surface area contributed by atoms with E-state index in [1.807, 2.05) is 25.1 Å². The number of benzene rings is 2. The fraction of sp³-hybridized carbons (Fsp3) is 0.364. The van der Waals surface area contributed by atoms with Gasteiger partial charge in [-0.25, -0.2) is 4.79 Å². The van der Waals surface area contributed by atoms with Crippen molar-refractivity contribution >= 4 is 17.6 Å². The molecule has 3 rings (SSSR count). The Kier molecular flexibility index (Phi) is 6.66. The number of carbonyl (C=O) groups is 2. The largest absolute Gasteiger partial charge is 0.491 e. The zero-order valence-electron chi connectivity index (χ0n) is 16.1. The smallest absolute Gasteiger partial charge is 0.338 e. The van der Waals surface area contributed by atoms with Crippen LogP contribution in [-0.2, 0) is 14.3 Å². The first-order chi connectivity index (χ1) is 13.5. The highest BCUT2D eigenvalue weighted by atomic mass is 16.5. The SMILES string of the molecule is Cc1cccc(NC(=O)[C@@H](C)OC(=O)c2ccc(OC[C@H]3CCCO3)cc2)c1. The lowest BCUT2D eigenvalue weighted by Crippen LogP contribution is -2.30. The van der Waals surface area contributed by atoms with Crippen molar-refractivity contribution in [1.29, 1.82) is 0 Å². The number of hydrogen-bond donors (Lipinski definition) is 1. The van der Waals surface area contributed by atoms with Crippen molar-refractivity contribution in [2.45, 2.75) is 38.9 Å². The van der Waals surface area contributed by atoms with Gasteiger partial charge in [0.1, 0.15) is 12.4 Å². The Balaban J connectivity index is 1.49. The predicted molar refractivity (Wildman–Crippen MR) is 106 cm³/mol. The van der Waals surface area contributed by atoms with Crippen molar-refractivity contribution < 1.29 is 23.8 Å². The number of rotatable bonds is 7. The van der Waals surface area contributed by atoms with E-state index >= 15 is 0 Å². The first-order valence-electron chi connectivity index (χ1n) is 9.44. The third-order valence-electron chi connectivity index (χ3n) is 4.49. The maximum Gasteiger partial charge on any atom is 0.338 e. The van der Waals surface area contributed by atoms with Gasteiger partial charge in [0, 0.05) is 12.3 Å². The summed E-state index contributed by atoms with van der Waals surface area (Å²) in [5.74, 6) is -0.273. The van der Waals surface area contributed by atoms with Gasteiger partial charge in [0.15, 0.2) is 6.10 Å². The number of ether oxygens (including phenoxy) is 3. The molecule has 0 radical (unpaired) electrons. The van der Waals surface area contributed by atoms with Crippen molar-refractivity contribution in [3.8, 4) is 5.75 Å². The summed E-state index contributed by atoms with van der Waals surface area (Å²) in [7, 11) is 0. The van der Waals surface area contributed by atoms with E-state index in [0.717, 1.165) is 25.0 Å². The van der Waals surface area contributed by atoms with Gasteiger partial charge in [0.05, 0.1) is 11.7 Å². The molecule has 148 valence electrons. The molecule has 1 saturated heterocycles. The van der Waals surface area contributed by atoms with E-state index < -0.39 is 12.1 Å². The van der Waals surface area contributed by atoms with Crippen LogP contribution in [0.5, 0.6) is 5.75 Å². The molecule has 1 aliphatic rings. The summed E-state index contributed by atoms with van der Waals surface area (Å²) in [6.45, 7) is 4.77. The van der Waals surface area contributed by atoms with E-state index in [0.29, 0.717) is 23.6 Å². The Morgan fingerprint density at radius 3 is 2.68 bits per heavy atom. The number of anilines is 1. The molecule has 0 saturated carbocycles. The fourth-order valence-corrected chi connectivity index (χ4v) is 2.90.